The Morgan fingerprint density at radius 2 is 0.500 bits per heavy atom. The third-order valence-corrected chi connectivity index (χ3v) is 0. The Hall–Kier alpha value is 3.81. The van der Waals surface area contributed by atoms with Crippen LogP contribution in [0.5, 0.6) is 0 Å². The van der Waals surface area contributed by atoms with Gasteiger partial charge >= 0.3 is 200 Å². The van der Waals surface area contributed by atoms with Gasteiger partial charge in [-0.3, -0.25) is 0 Å². The van der Waals surface area contributed by atoms with E-state index < -0.39 is 40.8 Å². The van der Waals surface area contributed by atoms with Crippen molar-refractivity contribution >= 4 is 73.4 Å². The van der Waals surface area contributed by atoms with Gasteiger partial charge in [0.15, 0.2) is 0 Å². The predicted molar refractivity (Wildman–Crippen MR) is 44.2 cm³/mol. The van der Waals surface area contributed by atoms with Gasteiger partial charge in [0.05, 0.1) is 0 Å². The molecule has 0 spiro atoms. The second-order valence-electron chi connectivity index (χ2n) is 1.34. The van der Waals surface area contributed by atoms with Crippen LogP contribution >= 0.6 is 0 Å². The molecule has 0 aromatic carbocycles. The first-order valence-corrected chi connectivity index (χ1v) is 8.64. The average molecular weight is 632 g/mol. The fourth-order valence-electron chi connectivity index (χ4n) is 0. The van der Waals surface area contributed by atoms with Gasteiger partial charge in [0, 0.05) is 0 Å². The fourth-order valence-corrected chi connectivity index (χ4v) is 0. The molecule has 0 unspecified atom stereocenters. The molecule has 0 heterocycles. The van der Waals surface area contributed by atoms with Crippen LogP contribution in [0, 0.1) is 0 Å². The van der Waals surface area contributed by atoms with E-state index in [1.54, 1.807) is 0 Å². The first-order chi connectivity index (χ1) is 6.00. The molecular weight excluding hydrogens is 618 g/mol. The van der Waals surface area contributed by atoms with Crippen molar-refractivity contribution in [2.45, 2.75) is 0 Å². The summed E-state index contributed by atoms with van der Waals surface area (Å²) in [5.41, 5.74) is 0. The van der Waals surface area contributed by atoms with Gasteiger partial charge in [-0.15, -0.1) is 0 Å². The Morgan fingerprint density at radius 1 is 0.500 bits per heavy atom. The van der Waals surface area contributed by atoms with E-state index >= 15 is 0 Å². The van der Waals surface area contributed by atoms with Crippen LogP contribution in [-0.4, -0.2) is 98.4 Å². The van der Waals surface area contributed by atoms with Gasteiger partial charge in [0.25, 0.3) is 0 Å². The summed E-state index contributed by atoms with van der Waals surface area (Å²) >= 11 is -15.8. The van der Waals surface area contributed by atoms with Crippen molar-refractivity contribution in [3.63, 3.8) is 0 Å². The molecule has 0 aromatic rings. The van der Waals surface area contributed by atoms with Gasteiger partial charge < -0.3 is 8.56 Å². The zero-order valence-electron chi connectivity index (χ0n) is 16.5. The minimum absolute atomic E-state index is 0. The number of hydrogen-bond donors (Lipinski definition) is 6. The maximum atomic E-state index is 8.82. The molecule has 20 heavy (non-hydrogen) atoms. The second-order valence-corrected chi connectivity index (χ2v) is 5.54. The predicted octanol–water partition coefficient (Wildman–Crippen LogP) is -11.1. The maximum absolute atomic E-state index is 8.82. The SMILES string of the molecule is [H-].[H-].[H-].[H-].[H-].[H-].[Li+].[Li+].[Mg+2].[Mg+2].[O]=[Cr](=[O])([OH])[OH].[O]=[Cr](=[O])([OH])[OH].[O]=[Cr](=[O])([OH])[OH].[PbH2]. The summed E-state index contributed by atoms with van der Waals surface area (Å²) in [4.78, 5) is 0. The molecule has 0 bridgehead atoms. The molecule has 2 radical (unpaired) electrons. The average Bonchev–Trinajstić information content (AvgIpc) is 1.41. The zero-order valence-corrected chi connectivity index (χ0v) is 22.6. The van der Waals surface area contributed by atoms with E-state index in [0.717, 1.165) is 0 Å². The first-order valence-electron chi connectivity index (χ1n) is 2.10. The van der Waals surface area contributed by atoms with Gasteiger partial charge in [0.2, 0.25) is 0 Å². The van der Waals surface area contributed by atoms with Crippen molar-refractivity contribution in [3.8, 4) is 0 Å². The van der Waals surface area contributed by atoms with Gasteiger partial charge in [0.1, 0.15) is 0 Å². The third-order valence-electron chi connectivity index (χ3n) is 0. The standard InChI is InChI=1S/3Cr.2Li.2Mg.6H2O.6O.Pb.8H/h;;;;;;;6*1H2;;;;;;;;;;;;;;;/q3*+2;2*+1;2*+2;;;;;;;;;;;;;;;;6*-1/p-6. The topological polar surface area (TPSA) is 224 Å². The van der Waals surface area contributed by atoms with Crippen LogP contribution in [0.3, 0.4) is 0 Å². The van der Waals surface area contributed by atoms with E-state index in [2.05, 4.69) is 0 Å². The van der Waals surface area contributed by atoms with Crippen LogP contribution < -0.4 is 37.7 Å². The van der Waals surface area contributed by atoms with Crippen molar-refractivity contribution in [3.05, 3.63) is 0 Å². The van der Waals surface area contributed by atoms with E-state index in [9.17, 15) is 0 Å². The Labute approximate surface area is 205 Å². The van der Waals surface area contributed by atoms with Crippen LogP contribution in [0.15, 0.2) is 0 Å². The van der Waals surface area contributed by atoms with E-state index in [1.807, 2.05) is 0 Å². The molecule has 114 valence electrons. The molecule has 0 aliphatic rings. The van der Waals surface area contributed by atoms with Gasteiger partial charge in [-0.25, -0.2) is 0 Å². The van der Waals surface area contributed by atoms with Crippen LogP contribution in [0.4, 0.5) is 0 Å². The van der Waals surface area contributed by atoms with Crippen molar-refractivity contribution < 1.29 is 135 Å². The van der Waals surface area contributed by atoms with E-state index in [4.69, 9.17) is 47.8 Å². The molecule has 20 heteroatoms. The van der Waals surface area contributed by atoms with Crippen LogP contribution in [0.1, 0.15) is 8.56 Å². The van der Waals surface area contributed by atoms with Gasteiger partial charge in [-0.05, 0) is 0 Å². The molecule has 0 amide bonds. The molecule has 0 atom stereocenters. The quantitative estimate of drug-likeness (QED) is 0.137. The monoisotopic (exact) mass is 632 g/mol. The molecule has 0 saturated heterocycles. The summed E-state index contributed by atoms with van der Waals surface area (Å²) in [6.45, 7) is 0. The van der Waals surface area contributed by atoms with Gasteiger partial charge in [-0.1, -0.05) is 0 Å². The molecule has 6 N–H and O–H groups in total. The van der Waals surface area contributed by atoms with E-state index in [1.165, 1.54) is 0 Å². The van der Waals surface area contributed by atoms with Crippen LogP contribution in [0.2, 0.25) is 0 Å². The Balaban J connectivity index is -0.00000000571. The van der Waals surface area contributed by atoms with E-state index in [0.29, 0.717) is 0 Å². The van der Waals surface area contributed by atoms with Crippen LogP contribution in [-0.2, 0) is 63.7 Å². The minimum atomic E-state index is -5.25. The van der Waals surface area contributed by atoms with Crippen LogP contribution in [0.25, 0.3) is 0 Å². The van der Waals surface area contributed by atoms with Crippen molar-refractivity contribution in [1.82, 2.24) is 0 Å². The first kappa shape index (κ1) is 49.6. The Kier molecular flexibility index (Phi) is 56.5. The summed E-state index contributed by atoms with van der Waals surface area (Å²) in [5.74, 6) is 0. The molecule has 12 nitrogen and oxygen atoms in total. The molecule has 0 fully saturated rings. The normalized spacial score (nSPS) is 8.70. The van der Waals surface area contributed by atoms with Gasteiger partial charge in [-0.2, -0.15) is 0 Å². The zero-order chi connectivity index (χ0) is 13.5. The summed E-state index contributed by atoms with van der Waals surface area (Å²) in [7, 11) is 0. The molecule has 0 aliphatic carbocycles. The summed E-state index contributed by atoms with van der Waals surface area (Å²) in [5, 5.41) is 0. The number of rotatable bonds is 0. The number of hydrogen-bond acceptors (Lipinski definition) is 6. The Morgan fingerprint density at radius 3 is 0.500 bits per heavy atom. The second kappa shape index (κ2) is 22.8. The summed E-state index contributed by atoms with van der Waals surface area (Å²) in [6.07, 6.45) is 0. The molecule has 0 aliphatic heterocycles. The third kappa shape index (κ3) is 651. The van der Waals surface area contributed by atoms with Crippen molar-refractivity contribution in [1.29, 1.82) is 0 Å². The fraction of sp³-hybridized carbons (Fsp3) is 0. The van der Waals surface area contributed by atoms with E-state index in [-0.39, 0.29) is 120 Å². The Bertz CT molecular complexity index is 376. The van der Waals surface area contributed by atoms with Crippen molar-refractivity contribution in [2.24, 2.45) is 0 Å². The molecule has 0 rings (SSSR count). The van der Waals surface area contributed by atoms with Crippen molar-refractivity contribution in [2.75, 3.05) is 0 Å². The molecule has 0 aromatic heterocycles. The summed E-state index contributed by atoms with van der Waals surface area (Å²) < 4.78 is 95.6. The molecular formula is H14Cr3Li2Mg2O12Pb. The molecule has 0 saturated carbocycles. The summed E-state index contributed by atoms with van der Waals surface area (Å²) in [6, 6.07) is 0.